The minimum Gasteiger partial charge on any atom is -0.309 e. The predicted octanol–water partition coefficient (Wildman–Crippen LogP) is 2.73. The van der Waals surface area contributed by atoms with Crippen LogP contribution in [0.25, 0.3) is 0 Å². The summed E-state index contributed by atoms with van der Waals surface area (Å²) >= 11 is 3.30. The number of thiophene rings is 1. The van der Waals surface area contributed by atoms with E-state index in [2.05, 4.69) is 10.0 Å². The molecule has 0 bridgehead atoms. The Labute approximate surface area is 136 Å². The molecule has 0 spiro atoms. The molecule has 120 valence electrons. The molecule has 1 unspecified atom stereocenters. The van der Waals surface area contributed by atoms with Gasteiger partial charge in [-0.1, -0.05) is 0 Å². The van der Waals surface area contributed by atoms with Crippen molar-refractivity contribution in [3.8, 4) is 0 Å². The number of hydrogen-bond donors (Lipinski definition) is 2. The molecule has 21 heavy (non-hydrogen) atoms. The van der Waals surface area contributed by atoms with Crippen LogP contribution in [-0.4, -0.2) is 32.5 Å². The lowest BCUT2D eigenvalue weighted by Gasteiger charge is -2.13. The molecule has 4 nitrogen and oxygen atoms in total. The van der Waals surface area contributed by atoms with Crippen molar-refractivity contribution in [1.29, 1.82) is 0 Å². The van der Waals surface area contributed by atoms with Gasteiger partial charge in [-0.2, -0.15) is 11.8 Å². The summed E-state index contributed by atoms with van der Waals surface area (Å²) < 4.78 is 27.7. The number of hydrogen-bond acceptors (Lipinski definition) is 5. The molecule has 0 aromatic carbocycles. The zero-order valence-electron chi connectivity index (χ0n) is 12.8. The Balaban J connectivity index is 2.00. The van der Waals surface area contributed by atoms with E-state index in [-0.39, 0.29) is 6.04 Å². The first-order valence-corrected chi connectivity index (χ1v) is 11.0. The molecule has 0 amide bonds. The molecule has 2 N–H and O–H groups in total. The van der Waals surface area contributed by atoms with Crippen molar-refractivity contribution in [2.75, 3.05) is 12.0 Å². The van der Waals surface area contributed by atoms with Gasteiger partial charge in [0.05, 0.1) is 4.90 Å². The first kappa shape index (κ1) is 17.3. The Kier molecular flexibility index (Phi) is 6.14. The lowest BCUT2D eigenvalue weighted by Crippen LogP contribution is -2.33. The maximum Gasteiger partial charge on any atom is 0.241 e. The van der Waals surface area contributed by atoms with E-state index in [1.807, 2.05) is 26.2 Å². The van der Waals surface area contributed by atoms with Crippen LogP contribution in [0.5, 0.6) is 0 Å². The summed E-state index contributed by atoms with van der Waals surface area (Å²) in [5.74, 6) is 0.961. The molecular formula is C14H24N2O2S3. The fourth-order valence-electron chi connectivity index (χ4n) is 2.09. The van der Waals surface area contributed by atoms with Crippen LogP contribution in [0.4, 0.5) is 0 Å². The highest BCUT2D eigenvalue weighted by atomic mass is 32.2. The van der Waals surface area contributed by atoms with Gasteiger partial charge in [-0.15, -0.1) is 11.3 Å². The van der Waals surface area contributed by atoms with E-state index in [0.29, 0.717) is 10.9 Å². The molecule has 1 aliphatic rings. The first-order chi connectivity index (χ1) is 9.92. The van der Waals surface area contributed by atoms with Gasteiger partial charge in [0.1, 0.15) is 0 Å². The Morgan fingerprint density at radius 1 is 1.48 bits per heavy atom. The summed E-state index contributed by atoms with van der Waals surface area (Å²) in [6.45, 7) is 4.57. The van der Waals surface area contributed by atoms with Crippen LogP contribution in [0.3, 0.4) is 0 Å². The van der Waals surface area contributed by atoms with E-state index in [1.54, 1.807) is 23.1 Å². The Bertz CT molecular complexity index is 565. The summed E-state index contributed by atoms with van der Waals surface area (Å²) in [6, 6.07) is 2.42. The molecular weight excluding hydrogens is 324 g/mol. The zero-order chi connectivity index (χ0) is 15.5. The molecule has 1 aromatic rings. The lowest BCUT2D eigenvalue weighted by molar-refractivity contribution is 0.557. The third-order valence-electron chi connectivity index (χ3n) is 3.47. The Hall–Kier alpha value is -0.0800. The number of thioether (sulfide) groups is 1. The van der Waals surface area contributed by atoms with E-state index in [0.717, 1.165) is 28.5 Å². The molecule has 1 atom stereocenters. The maximum absolute atomic E-state index is 12.5. The highest BCUT2D eigenvalue weighted by molar-refractivity contribution is 7.98. The van der Waals surface area contributed by atoms with Gasteiger partial charge in [-0.25, -0.2) is 13.1 Å². The molecule has 1 saturated carbocycles. The van der Waals surface area contributed by atoms with E-state index in [9.17, 15) is 8.42 Å². The summed E-state index contributed by atoms with van der Waals surface area (Å²) in [4.78, 5) is 2.40. The number of aryl methyl sites for hydroxylation is 1. The summed E-state index contributed by atoms with van der Waals surface area (Å²) in [5.41, 5.74) is 0. The van der Waals surface area contributed by atoms with Crippen LogP contribution in [0, 0.1) is 6.92 Å². The SMILES string of the molecule is CSCCC(C)NS(=O)(=O)c1cc(CNC2CC2)sc1C. The average molecular weight is 349 g/mol. The fourth-order valence-corrected chi connectivity index (χ4v) is 5.55. The molecule has 2 rings (SSSR count). The van der Waals surface area contributed by atoms with Crippen molar-refractivity contribution in [1.82, 2.24) is 10.0 Å². The normalized spacial score (nSPS) is 17.1. The Morgan fingerprint density at radius 3 is 2.81 bits per heavy atom. The van der Waals surface area contributed by atoms with Crippen molar-refractivity contribution >= 4 is 33.1 Å². The molecule has 1 fully saturated rings. The lowest BCUT2D eigenvalue weighted by atomic mass is 10.3. The second kappa shape index (κ2) is 7.46. The fraction of sp³-hybridized carbons (Fsp3) is 0.714. The minimum atomic E-state index is -3.40. The summed E-state index contributed by atoms with van der Waals surface area (Å²) in [5, 5.41) is 3.43. The summed E-state index contributed by atoms with van der Waals surface area (Å²) in [6.07, 6.45) is 5.36. The van der Waals surface area contributed by atoms with E-state index in [1.165, 1.54) is 12.8 Å². The van der Waals surface area contributed by atoms with Crippen molar-refractivity contribution in [2.45, 2.75) is 56.6 Å². The van der Waals surface area contributed by atoms with E-state index in [4.69, 9.17) is 0 Å². The van der Waals surface area contributed by atoms with Crippen molar-refractivity contribution in [2.24, 2.45) is 0 Å². The van der Waals surface area contributed by atoms with Crippen LogP contribution >= 0.6 is 23.1 Å². The molecule has 0 saturated heterocycles. The molecule has 0 radical (unpaired) electrons. The van der Waals surface area contributed by atoms with Crippen LogP contribution in [0.15, 0.2) is 11.0 Å². The second-order valence-electron chi connectivity index (χ2n) is 5.59. The summed E-state index contributed by atoms with van der Waals surface area (Å²) in [7, 11) is -3.40. The topological polar surface area (TPSA) is 58.2 Å². The van der Waals surface area contributed by atoms with Gasteiger partial charge in [-0.3, -0.25) is 0 Å². The standard InChI is InChI=1S/C14H24N2O2S3/c1-10(6-7-19-3)16-21(17,18)14-8-13(20-11(14)2)9-15-12-4-5-12/h8,10,12,15-16H,4-7,9H2,1-3H3. The second-order valence-corrected chi connectivity index (χ2v) is 9.60. The quantitative estimate of drug-likeness (QED) is 0.720. The van der Waals surface area contributed by atoms with Gasteiger partial charge < -0.3 is 5.32 Å². The smallest absolute Gasteiger partial charge is 0.241 e. The van der Waals surface area contributed by atoms with E-state index < -0.39 is 10.0 Å². The number of nitrogens with one attached hydrogen (secondary N) is 2. The van der Waals surface area contributed by atoms with Gasteiger partial charge in [0.15, 0.2) is 0 Å². The van der Waals surface area contributed by atoms with Crippen molar-refractivity contribution < 1.29 is 8.42 Å². The van der Waals surface area contributed by atoms with E-state index >= 15 is 0 Å². The van der Waals surface area contributed by atoms with Crippen molar-refractivity contribution in [3.05, 3.63) is 15.8 Å². The molecule has 1 heterocycles. The molecule has 1 aromatic heterocycles. The van der Waals surface area contributed by atoms with Crippen LogP contribution < -0.4 is 10.0 Å². The monoisotopic (exact) mass is 348 g/mol. The Morgan fingerprint density at radius 2 is 2.19 bits per heavy atom. The number of rotatable bonds is 9. The third kappa shape index (κ3) is 5.25. The average Bonchev–Trinajstić information content (AvgIpc) is 3.15. The molecule has 7 heteroatoms. The first-order valence-electron chi connectivity index (χ1n) is 7.26. The molecule has 0 aliphatic heterocycles. The van der Waals surface area contributed by atoms with Gasteiger partial charge >= 0.3 is 0 Å². The minimum absolute atomic E-state index is 0.0326. The largest absolute Gasteiger partial charge is 0.309 e. The maximum atomic E-state index is 12.5. The highest BCUT2D eigenvalue weighted by Crippen LogP contribution is 2.27. The number of sulfonamides is 1. The van der Waals surface area contributed by atoms with Crippen LogP contribution in [-0.2, 0) is 16.6 Å². The third-order valence-corrected chi connectivity index (χ3v) is 7.01. The predicted molar refractivity (Wildman–Crippen MR) is 91.7 cm³/mol. The molecule has 1 aliphatic carbocycles. The van der Waals surface area contributed by atoms with Gasteiger partial charge in [-0.05, 0) is 51.2 Å². The highest BCUT2D eigenvalue weighted by Gasteiger charge is 2.24. The van der Waals surface area contributed by atoms with Crippen molar-refractivity contribution in [3.63, 3.8) is 0 Å². The van der Waals surface area contributed by atoms with Gasteiger partial charge in [0, 0.05) is 28.4 Å². The van der Waals surface area contributed by atoms with Crippen LogP contribution in [0.1, 0.15) is 35.9 Å². The van der Waals surface area contributed by atoms with Crippen LogP contribution in [0.2, 0.25) is 0 Å². The van der Waals surface area contributed by atoms with Gasteiger partial charge in [0.2, 0.25) is 10.0 Å². The van der Waals surface area contributed by atoms with Gasteiger partial charge in [0.25, 0.3) is 0 Å². The zero-order valence-corrected chi connectivity index (χ0v) is 15.3.